The molecule has 1 aromatic heterocycles. The number of aromatic amines is 1. The molecule has 10 nitrogen and oxygen atoms in total. The van der Waals surface area contributed by atoms with Crippen molar-refractivity contribution in [3.05, 3.63) is 57.1 Å². The maximum Gasteiger partial charge on any atom is 0.416 e. The molecule has 0 saturated heterocycles. The summed E-state index contributed by atoms with van der Waals surface area (Å²) in [5, 5.41) is 8.77. The topological polar surface area (TPSA) is 161 Å². The van der Waals surface area contributed by atoms with E-state index < -0.39 is 17.3 Å². The van der Waals surface area contributed by atoms with Crippen molar-refractivity contribution in [2.45, 2.75) is 25.9 Å². The third-order valence-electron chi connectivity index (χ3n) is 4.20. The number of carbonyl (C=O) groups excluding carboxylic acids is 1. The molecule has 2 rings (SSSR count). The van der Waals surface area contributed by atoms with Crippen molar-refractivity contribution in [1.29, 1.82) is 0 Å². The molecule has 0 fully saturated rings. The molecular formula is C19H24F3N7O3. The second kappa shape index (κ2) is 11.0. The lowest BCUT2D eigenvalue weighted by atomic mass is 10.1. The molecule has 2 aromatic rings. The van der Waals surface area contributed by atoms with E-state index in [9.17, 15) is 22.8 Å². The summed E-state index contributed by atoms with van der Waals surface area (Å²) in [5.41, 5.74) is 10.5. The fraction of sp³-hybridized carbons (Fsp3) is 0.368. The monoisotopic (exact) mass is 455 g/mol. The Labute approximate surface area is 181 Å². The zero-order chi connectivity index (χ0) is 23.7. The zero-order valence-electron chi connectivity index (χ0n) is 17.3. The van der Waals surface area contributed by atoms with Crippen molar-refractivity contribution >= 4 is 17.7 Å². The molecule has 0 atom stereocenters. The quantitative estimate of drug-likeness (QED) is 0.152. The van der Waals surface area contributed by atoms with Crippen molar-refractivity contribution in [2.75, 3.05) is 25.0 Å². The average molecular weight is 455 g/mol. The minimum absolute atomic E-state index is 0.0152. The molecule has 0 bridgehead atoms. The number of H-pyrrole nitrogens is 1. The van der Waals surface area contributed by atoms with Crippen LogP contribution in [-0.4, -0.2) is 41.5 Å². The van der Waals surface area contributed by atoms with Crippen LogP contribution >= 0.6 is 0 Å². The SMILES string of the molecule is Cc1[nH]c(=O)c(NCCc2ccc(C(F)(F)F)cc2)nc1CC(=O)NCCON=C(N)N. The van der Waals surface area contributed by atoms with Crippen LogP contribution in [0.15, 0.2) is 34.2 Å². The molecular weight excluding hydrogens is 431 g/mol. The number of alkyl halides is 3. The number of hydrogen-bond acceptors (Lipinski definition) is 6. The highest BCUT2D eigenvalue weighted by Crippen LogP contribution is 2.29. The van der Waals surface area contributed by atoms with Gasteiger partial charge < -0.3 is 31.9 Å². The molecule has 1 amide bonds. The average Bonchev–Trinajstić information content (AvgIpc) is 2.70. The van der Waals surface area contributed by atoms with E-state index in [0.29, 0.717) is 23.4 Å². The largest absolute Gasteiger partial charge is 0.416 e. The van der Waals surface area contributed by atoms with Gasteiger partial charge in [-0.15, -0.1) is 0 Å². The van der Waals surface area contributed by atoms with Crippen LogP contribution < -0.4 is 27.7 Å². The maximum atomic E-state index is 12.6. The third kappa shape index (κ3) is 7.81. The first kappa shape index (κ1) is 24.5. The number of aryl methyl sites for hydroxylation is 1. The molecule has 0 aliphatic rings. The number of hydrogen-bond donors (Lipinski definition) is 5. The van der Waals surface area contributed by atoms with Crippen LogP contribution in [0.2, 0.25) is 0 Å². The molecule has 32 heavy (non-hydrogen) atoms. The molecule has 7 N–H and O–H groups in total. The summed E-state index contributed by atoms with van der Waals surface area (Å²) in [5.74, 6) is -0.569. The molecule has 0 saturated carbocycles. The standard InChI is InChI=1S/C19H24F3N7O3/c1-11-14(10-15(30)25-8-9-32-29-18(23)24)28-16(17(31)27-11)26-7-6-12-2-4-13(5-3-12)19(20,21)22/h2-5H,6-10H2,1H3,(H,25,30)(H,26,28)(H,27,31)(H4,23,24,29). The Bertz CT molecular complexity index is 1000. The van der Waals surface area contributed by atoms with E-state index in [1.54, 1.807) is 6.92 Å². The Kier molecular flexibility index (Phi) is 8.44. The van der Waals surface area contributed by atoms with E-state index in [-0.39, 0.29) is 43.8 Å². The number of aromatic nitrogens is 2. The number of halogens is 3. The highest BCUT2D eigenvalue weighted by atomic mass is 19.4. The van der Waals surface area contributed by atoms with Crippen LogP contribution in [-0.2, 0) is 28.7 Å². The Morgan fingerprint density at radius 3 is 2.53 bits per heavy atom. The third-order valence-corrected chi connectivity index (χ3v) is 4.20. The highest BCUT2D eigenvalue weighted by molar-refractivity contribution is 5.78. The first-order valence-electron chi connectivity index (χ1n) is 9.53. The van der Waals surface area contributed by atoms with Gasteiger partial charge in [-0.3, -0.25) is 9.59 Å². The predicted molar refractivity (Wildman–Crippen MR) is 112 cm³/mol. The first-order valence-corrected chi connectivity index (χ1v) is 9.53. The van der Waals surface area contributed by atoms with Crippen LogP contribution in [0.4, 0.5) is 19.0 Å². The lowest BCUT2D eigenvalue weighted by molar-refractivity contribution is -0.137. The van der Waals surface area contributed by atoms with E-state index in [4.69, 9.17) is 16.3 Å². The van der Waals surface area contributed by atoms with Crippen molar-refractivity contribution in [1.82, 2.24) is 15.3 Å². The molecule has 0 radical (unpaired) electrons. The lowest BCUT2D eigenvalue weighted by Crippen LogP contribution is -2.30. The maximum absolute atomic E-state index is 12.6. The molecule has 1 heterocycles. The van der Waals surface area contributed by atoms with E-state index >= 15 is 0 Å². The van der Waals surface area contributed by atoms with Gasteiger partial charge in [-0.25, -0.2) is 4.98 Å². The number of guanidine groups is 1. The van der Waals surface area contributed by atoms with Crippen LogP contribution in [0.25, 0.3) is 0 Å². The lowest BCUT2D eigenvalue weighted by Gasteiger charge is -2.10. The molecule has 0 spiro atoms. The van der Waals surface area contributed by atoms with Crippen molar-refractivity contribution in [3.63, 3.8) is 0 Å². The number of nitrogens with two attached hydrogens (primary N) is 2. The number of oxime groups is 1. The Morgan fingerprint density at radius 2 is 1.91 bits per heavy atom. The van der Waals surface area contributed by atoms with E-state index in [0.717, 1.165) is 12.1 Å². The molecule has 174 valence electrons. The van der Waals surface area contributed by atoms with Crippen LogP contribution in [0.3, 0.4) is 0 Å². The molecule has 13 heteroatoms. The van der Waals surface area contributed by atoms with Gasteiger partial charge in [-0.2, -0.15) is 13.2 Å². The number of nitrogens with zero attached hydrogens (tertiary/aromatic N) is 2. The summed E-state index contributed by atoms with van der Waals surface area (Å²) in [7, 11) is 0. The summed E-state index contributed by atoms with van der Waals surface area (Å²) in [4.78, 5) is 35.8. The van der Waals surface area contributed by atoms with Gasteiger partial charge in [0.1, 0.15) is 6.61 Å². The number of rotatable bonds is 10. The Morgan fingerprint density at radius 1 is 1.22 bits per heavy atom. The number of benzene rings is 1. The van der Waals surface area contributed by atoms with Crippen molar-refractivity contribution in [2.24, 2.45) is 16.6 Å². The molecule has 0 aliphatic carbocycles. The number of anilines is 1. The molecule has 1 aromatic carbocycles. The van der Waals surface area contributed by atoms with Crippen LogP contribution in [0, 0.1) is 6.92 Å². The smallest absolute Gasteiger partial charge is 0.391 e. The van der Waals surface area contributed by atoms with Gasteiger partial charge >= 0.3 is 6.18 Å². The Hall–Kier alpha value is -3.77. The van der Waals surface area contributed by atoms with Gasteiger partial charge in [-0.05, 0) is 36.2 Å². The number of nitrogens with one attached hydrogen (secondary N) is 3. The second-order valence-corrected chi connectivity index (χ2v) is 6.73. The van der Waals surface area contributed by atoms with Gasteiger partial charge in [0.2, 0.25) is 11.9 Å². The van der Waals surface area contributed by atoms with Gasteiger partial charge in [0.25, 0.3) is 5.56 Å². The minimum Gasteiger partial charge on any atom is -0.391 e. The summed E-state index contributed by atoms with van der Waals surface area (Å²) >= 11 is 0. The first-order chi connectivity index (χ1) is 15.1. The second-order valence-electron chi connectivity index (χ2n) is 6.73. The van der Waals surface area contributed by atoms with Crippen LogP contribution in [0.5, 0.6) is 0 Å². The number of amides is 1. The van der Waals surface area contributed by atoms with Crippen LogP contribution in [0.1, 0.15) is 22.5 Å². The predicted octanol–water partition coefficient (Wildman–Crippen LogP) is 0.615. The minimum atomic E-state index is -4.39. The van der Waals surface area contributed by atoms with E-state index in [1.165, 1.54) is 12.1 Å². The van der Waals surface area contributed by atoms with Crippen molar-refractivity contribution in [3.8, 4) is 0 Å². The Balaban J connectivity index is 1.90. The molecule has 0 aliphatic heterocycles. The summed E-state index contributed by atoms with van der Waals surface area (Å²) in [6.45, 7) is 2.11. The van der Waals surface area contributed by atoms with E-state index in [1.807, 2.05) is 0 Å². The van der Waals surface area contributed by atoms with Crippen molar-refractivity contribution < 1.29 is 22.8 Å². The zero-order valence-corrected chi connectivity index (χ0v) is 17.3. The van der Waals surface area contributed by atoms with Gasteiger partial charge in [-0.1, -0.05) is 12.1 Å². The van der Waals surface area contributed by atoms with Gasteiger partial charge in [0.15, 0.2) is 5.82 Å². The van der Waals surface area contributed by atoms with E-state index in [2.05, 4.69) is 25.8 Å². The van der Waals surface area contributed by atoms with Gasteiger partial charge in [0.05, 0.1) is 24.2 Å². The highest BCUT2D eigenvalue weighted by Gasteiger charge is 2.29. The summed E-state index contributed by atoms with van der Waals surface area (Å²) < 4.78 is 37.9. The fourth-order valence-corrected chi connectivity index (χ4v) is 2.62. The fourth-order valence-electron chi connectivity index (χ4n) is 2.62. The normalized spacial score (nSPS) is 11.0. The van der Waals surface area contributed by atoms with Gasteiger partial charge in [0, 0.05) is 12.2 Å². The summed E-state index contributed by atoms with van der Waals surface area (Å²) in [6.07, 6.45) is -4.10. The summed E-state index contributed by atoms with van der Waals surface area (Å²) in [6, 6.07) is 4.77. The molecule has 0 unspecified atom stereocenters. The number of carbonyl (C=O) groups is 1.